The highest BCUT2D eigenvalue weighted by Gasteiger charge is 2.10. The molecule has 3 heteroatoms. The van der Waals surface area contributed by atoms with E-state index in [1.165, 1.54) is 38.9 Å². The van der Waals surface area contributed by atoms with E-state index in [0.29, 0.717) is 0 Å². The monoisotopic (exact) mass is 185 g/mol. The van der Waals surface area contributed by atoms with Crippen molar-refractivity contribution < 1.29 is 9.59 Å². The van der Waals surface area contributed by atoms with Gasteiger partial charge in [0.05, 0.1) is 0 Å². The Kier molecular flexibility index (Phi) is 7.56. The molecule has 0 N–H and O–H groups in total. The van der Waals surface area contributed by atoms with Gasteiger partial charge in [0.25, 0.3) is 0 Å². The summed E-state index contributed by atoms with van der Waals surface area (Å²) < 4.78 is 0. The highest BCUT2D eigenvalue weighted by molar-refractivity contribution is 5.20. The summed E-state index contributed by atoms with van der Waals surface area (Å²) in [6.45, 7) is 8.60. The molecule has 0 spiro atoms. The lowest BCUT2D eigenvalue weighted by molar-refractivity contribution is -0.191. The molecule has 1 fully saturated rings. The number of hydrogen-bond acceptors (Lipinski definition) is 3. The number of nitrogens with zero attached hydrogens (tertiary/aromatic N) is 1. The van der Waals surface area contributed by atoms with Gasteiger partial charge in [-0.05, 0) is 31.8 Å². The lowest BCUT2D eigenvalue weighted by Gasteiger charge is -2.27. The summed E-state index contributed by atoms with van der Waals surface area (Å²) >= 11 is 0. The van der Waals surface area contributed by atoms with Gasteiger partial charge in [0.1, 0.15) is 0 Å². The molecule has 0 saturated carbocycles. The van der Waals surface area contributed by atoms with Crippen LogP contribution in [0.2, 0.25) is 0 Å². The number of hydrogen-bond donors (Lipinski definition) is 0. The molecule has 1 aliphatic rings. The first kappa shape index (κ1) is 12.3. The summed E-state index contributed by atoms with van der Waals surface area (Å²) in [5, 5.41) is 0. The van der Waals surface area contributed by atoms with Crippen LogP contribution in [0.15, 0.2) is 0 Å². The first-order valence-electron chi connectivity index (χ1n) is 4.92. The Bertz CT molecular complexity index is 145. The molecule has 0 unspecified atom stereocenters. The van der Waals surface area contributed by atoms with Crippen molar-refractivity contribution in [3.8, 4) is 0 Å². The van der Waals surface area contributed by atoms with Crippen molar-refractivity contribution in [3.63, 3.8) is 0 Å². The fourth-order valence-corrected chi connectivity index (χ4v) is 1.66. The zero-order chi connectivity index (χ0) is 10.1. The van der Waals surface area contributed by atoms with E-state index in [1.807, 2.05) is 0 Å². The molecule has 3 nitrogen and oxygen atoms in total. The highest BCUT2D eigenvalue weighted by Crippen LogP contribution is 2.09. The Morgan fingerprint density at radius 1 is 1.15 bits per heavy atom. The zero-order valence-corrected chi connectivity index (χ0v) is 8.58. The molecular weight excluding hydrogens is 166 g/mol. The van der Waals surface area contributed by atoms with Crippen LogP contribution in [0.25, 0.3) is 0 Å². The quantitative estimate of drug-likeness (QED) is 0.655. The molecule has 13 heavy (non-hydrogen) atoms. The lowest BCUT2D eigenvalue weighted by Crippen LogP contribution is -2.32. The number of rotatable bonds is 2. The second-order valence-corrected chi connectivity index (χ2v) is 3.84. The first-order valence-corrected chi connectivity index (χ1v) is 4.92. The van der Waals surface area contributed by atoms with Crippen LogP contribution in [0.4, 0.5) is 0 Å². The molecule has 0 aromatic heterocycles. The van der Waals surface area contributed by atoms with E-state index in [4.69, 9.17) is 9.59 Å². The van der Waals surface area contributed by atoms with Gasteiger partial charge in [-0.2, -0.15) is 9.59 Å². The molecule has 0 aromatic rings. The summed E-state index contributed by atoms with van der Waals surface area (Å²) in [5.74, 6) is 0.845. The van der Waals surface area contributed by atoms with Crippen molar-refractivity contribution in [1.29, 1.82) is 0 Å². The van der Waals surface area contributed by atoms with Crippen LogP contribution in [-0.4, -0.2) is 30.7 Å². The van der Waals surface area contributed by atoms with Gasteiger partial charge >= 0.3 is 6.15 Å². The van der Waals surface area contributed by atoms with Gasteiger partial charge in [0.2, 0.25) is 0 Å². The fourth-order valence-electron chi connectivity index (χ4n) is 1.66. The molecule has 1 aliphatic heterocycles. The van der Waals surface area contributed by atoms with Crippen molar-refractivity contribution in [1.82, 2.24) is 4.90 Å². The molecule has 0 aliphatic carbocycles. The van der Waals surface area contributed by atoms with Gasteiger partial charge in [0.15, 0.2) is 0 Å². The third kappa shape index (κ3) is 7.69. The van der Waals surface area contributed by atoms with Gasteiger partial charge in [0, 0.05) is 6.54 Å². The summed E-state index contributed by atoms with van der Waals surface area (Å²) in [5.41, 5.74) is 0. The minimum absolute atomic E-state index is 0.250. The van der Waals surface area contributed by atoms with Crippen molar-refractivity contribution in [2.24, 2.45) is 5.92 Å². The Morgan fingerprint density at radius 2 is 1.62 bits per heavy atom. The van der Waals surface area contributed by atoms with Gasteiger partial charge in [-0.15, -0.1) is 0 Å². The maximum atomic E-state index is 8.12. The summed E-state index contributed by atoms with van der Waals surface area (Å²) in [7, 11) is 0. The zero-order valence-electron chi connectivity index (χ0n) is 8.58. The Balaban J connectivity index is 0.000000424. The van der Waals surface area contributed by atoms with Gasteiger partial charge in [-0.1, -0.05) is 20.3 Å². The Hall–Kier alpha value is -0.660. The van der Waals surface area contributed by atoms with Gasteiger partial charge in [-0.25, -0.2) is 0 Å². The molecule has 0 radical (unpaired) electrons. The molecular formula is C10H19NO2. The summed E-state index contributed by atoms with van der Waals surface area (Å²) in [4.78, 5) is 18.8. The van der Waals surface area contributed by atoms with Gasteiger partial charge in [-0.3, -0.25) is 0 Å². The molecule has 0 aromatic carbocycles. The van der Waals surface area contributed by atoms with E-state index in [9.17, 15) is 0 Å². The molecule has 0 atom stereocenters. The molecule has 1 heterocycles. The second-order valence-electron chi connectivity index (χ2n) is 3.84. The maximum Gasteiger partial charge on any atom is 0.373 e. The second kappa shape index (κ2) is 7.96. The fraction of sp³-hybridized carbons (Fsp3) is 0.900. The minimum Gasteiger partial charge on any atom is -0.303 e. The Labute approximate surface area is 80.1 Å². The largest absolute Gasteiger partial charge is 0.373 e. The van der Waals surface area contributed by atoms with Crippen LogP contribution in [0.5, 0.6) is 0 Å². The molecule has 1 rings (SSSR count). The first-order chi connectivity index (χ1) is 6.20. The normalized spacial score (nSPS) is 17.5. The topological polar surface area (TPSA) is 37.4 Å². The highest BCUT2D eigenvalue weighted by atomic mass is 16.2. The lowest BCUT2D eigenvalue weighted by atomic mass is 10.1. The van der Waals surface area contributed by atoms with Crippen LogP contribution >= 0.6 is 0 Å². The predicted octanol–water partition coefficient (Wildman–Crippen LogP) is 1.54. The van der Waals surface area contributed by atoms with E-state index in [1.54, 1.807) is 0 Å². The number of carbonyl (C=O) groups excluding carboxylic acids is 2. The van der Waals surface area contributed by atoms with E-state index >= 15 is 0 Å². The molecule has 0 bridgehead atoms. The SMILES string of the molecule is CC(C)CN1CCCCC1.O=C=O. The van der Waals surface area contributed by atoms with E-state index in [0.717, 1.165) is 5.92 Å². The third-order valence-corrected chi connectivity index (χ3v) is 2.07. The molecule has 76 valence electrons. The van der Waals surface area contributed by atoms with E-state index in [-0.39, 0.29) is 6.15 Å². The average Bonchev–Trinajstić information content (AvgIpc) is 2.06. The minimum atomic E-state index is 0.250. The number of piperidine rings is 1. The maximum absolute atomic E-state index is 8.12. The van der Waals surface area contributed by atoms with Crippen molar-refractivity contribution in [3.05, 3.63) is 0 Å². The van der Waals surface area contributed by atoms with Crippen molar-refractivity contribution >= 4 is 6.15 Å². The van der Waals surface area contributed by atoms with Crippen LogP contribution in [0.1, 0.15) is 33.1 Å². The van der Waals surface area contributed by atoms with Gasteiger partial charge < -0.3 is 4.90 Å². The van der Waals surface area contributed by atoms with E-state index < -0.39 is 0 Å². The van der Waals surface area contributed by atoms with E-state index in [2.05, 4.69) is 18.7 Å². The Morgan fingerprint density at radius 3 is 2.00 bits per heavy atom. The summed E-state index contributed by atoms with van der Waals surface area (Å²) in [6, 6.07) is 0. The molecule has 0 amide bonds. The standard InChI is InChI=1S/C9H19N.CO2/c1-9(2)8-10-6-4-3-5-7-10;2-1-3/h9H,3-8H2,1-2H3;. The van der Waals surface area contributed by atoms with Crippen molar-refractivity contribution in [2.45, 2.75) is 33.1 Å². The summed E-state index contributed by atoms with van der Waals surface area (Å²) in [6.07, 6.45) is 4.55. The van der Waals surface area contributed by atoms with Crippen LogP contribution in [0.3, 0.4) is 0 Å². The van der Waals surface area contributed by atoms with Crippen LogP contribution in [-0.2, 0) is 9.59 Å². The smallest absolute Gasteiger partial charge is 0.303 e. The van der Waals surface area contributed by atoms with Crippen molar-refractivity contribution in [2.75, 3.05) is 19.6 Å². The predicted molar refractivity (Wildman–Crippen MR) is 50.1 cm³/mol. The molecule has 1 saturated heterocycles. The number of likely N-dealkylation sites (tertiary alicyclic amines) is 1. The third-order valence-electron chi connectivity index (χ3n) is 2.07. The van der Waals surface area contributed by atoms with Crippen LogP contribution < -0.4 is 0 Å². The van der Waals surface area contributed by atoms with Crippen LogP contribution in [0, 0.1) is 5.92 Å². The average molecular weight is 185 g/mol.